The first-order chi connectivity index (χ1) is 11.0. The monoisotopic (exact) mass is 314 g/mol. The molecule has 1 aliphatic rings. The minimum atomic E-state index is -0.683. The highest BCUT2D eigenvalue weighted by Crippen LogP contribution is 2.41. The van der Waals surface area contributed by atoms with Gasteiger partial charge in [-0.05, 0) is 37.3 Å². The van der Waals surface area contributed by atoms with Gasteiger partial charge in [0.1, 0.15) is 5.56 Å². The summed E-state index contributed by atoms with van der Waals surface area (Å²) in [5.41, 5.74) is 0.513. The van der Waals surface area contributed by atoms with Crippen LogP contribution in [0.2, 0.25) is 0 Å². The zero-order valence-corrected chi connectivity index (χ0v) is 13.0. The van der Waals surface area contributed by atoms with Gasteiger partial charge in [0.25, 0.3) is 11.5 Å². The molecular formula is C16H18N4O3. The predicted octanol–water partition coefficient (Wildman–Crippen LogP) is 0.658. The van der Waals surface area contributed by atoms with Gasteiger partial charge in [-0.2, -0.15) is 0 Å². The lowest BCUT2D eigenvalue weighted by atomic mass is 10.0. The lowest BCUT2D eigenvalue weighted by molar-refractivity contribution is 0.0928. The summed E-state index contributed by atoms with van der Waals surface area (Å²) in [5.74, 6) is -0.164. The molecule has 1 aliphatic carbocycles. The molecule has 120 valence electrons. The second-order valence-electron chi connectivity index (χ2n) is 5.91. The summed E-state index contributed by atoms with van der Waals surface area (Å²) in [6.07, 6.45) is 4.99. The van der Waals surface area contributed by atoms with E-state index in [2.05, 4.69) is 15.3 Å². The normalized spacial score (nSPS) is 15.2. The molecule has 0 unspecified atom stereocenters. The molecule has 1 fully saturated rings. The van der Waals surface area contributed by atoms with Crippen LogP contribution in [0.4, 0.5) is 0 Å². The number of aromatic amines is 1. The van der Waals surface area contributed by atoms with Gasteiger partial charge in [-0.3, -0.25) is 19.6 Å². The molecule has 2 N–H and O–H groups in total. The Morgan fingerprint density at radius 3 is 2.83 bits per heavy atom. The highest BCUT2D eigenvalue weighted by atomic mass is 16.2. The number of amides is 1. The lowest BCUT2D eigenvalue weighted by Crippen LogP contribution is -2.38. The lowest BCUT2D eigenvalue weighted by Gasteiger charge is -2.19. The maximum Gasteiger partial charge on any atom is 0.328 e. The molecule has 1 amide bonds. The number of carbonyl (C=O) groups excluding carboxylic acids is 1. The van der Waals surface area contributed by atoms with Crippen LogP contribution in [0.1, 0.15) is 40.5 Å². The van der Waals surface area contributed by atoms with Crippen molar-refractivity contribution < 1.29 is 4.79 Å². The Morgan fingerprint density at radius 1 is 1.43 bits per heavy atom. The fourth-order valence-corrected chi connectivity index (χ4v) is 2.61. The van der Waals surface area contributed by atoms with Crippen molar-refractivity contribution in [2.45, 2.75) is 25.8 Å². The van der Waals surface area contributed by atoms with Crippen LogP contribution in [0.3, 0.4) is 0 Å². The van der Waals surface area contributed by atoms with Crippen LogP contribution in [0.25, 0.3) is 0 Å². The number of nitrogens with zero attached hydrogens (tertiary/aromatic N) is 2. The largest absolute Gasteiger partial charge is 0.343 e. The van der Waals surface area contributed by atoms with Crippen LogP contribution < -0.4 is 16.6 Å². The number of H-pyrrole nitrogens is 1. The summed E-state index contributed by atoms with van der Waals surface area (Å²) < 4.78 is 1.18. The Kier molecular flexibility index (Phi) is 3.85. The smallest absolute Gasteiger partial charge is 0.328 e. The second-order valence-corrected chi connectivity index (χ2v) is 5.91. The minimum Gasteiger partial charge on any atom is -0.343 e. The van der Waals surface area contributed by atoms with E-state index in [4.69, 9.17) is 0 Å². The van der Waals surface area contributed by atoms with E-state index in [-0.39, 0.29) is 11.6 Å². The van der Waals surface area contributed by atoms with E-state index >= 15 is 0 Å². The van der Waals surface area contributed by atoms with E-state index in [0.29, 0.717) is 5.92 Å². The zero-order valence-electron chi connectivity index (χ0n) is 13.0. The summed E-state index contributed by atoms with van der Waals surface area (Å²) in [4.78, 5) is 42.2. The first kappa shape index (κ1) is 15.2. The summed E-state index contributed by atoms with van der Waals surface area (Å²) in [6, 6.07) is 3.57. The first-order valence-electron chi connectivity index (χ1n) is 7.49. The molecule has 1 atom stereocenters. The maximum absolute atomic E-state index is 12.5. The Bertz CT molecular complexity index is 864. The zero-order chi connectivity index (χ0) is 16.6. The Morgan fingerprint density at radius 2 is 2.17 bits per heavy atom. The molecular weight excluding hydrogens is 296 g/mol. The molecule has 0 saturated heterocycles. The Labute approximate surface area is 132 Å². The molecule has 0 bridgehead atoms. The summed E-state index contributed by atoms with van der Waals surface area (Å²) in [6.45, 7) is 1.95. The minimum absolute atomic E-state index is 0.0775. The van der Waals surface area contributed by atoms with Crippen LogP contribution in [0.5, 0.6) is 0 Å². The van der Waals surface area contributed by atoms with E-state index in [1.54, 1.807) is 6.20 Å². The van der Waals surface area contributed by atoms with Crippen molar-refractivity contribution in [3.63, 3.8) is 0 Å². The van der Waals surface area contributed by atoms with Gasteiger partial charge in [0.15, 0.2) is 0 Å². The van der Waals surface area contributed by atoms with Gasteiger partial charge in [-0.15, -0.1) is 0 Å². The Balaban J connectivity index is 1.91. The number of hydrogen-bond acceptors (Lipinski definition) is 4. The second kappa shape index (κ2) is 5.83. The topological polar surface area (TPSA) is 96.8 Å². The van der Waals surface area contributed by atoms with Gasteiger partial charge in [0.05, 0.1) is 11.7 Å². The molecule has 0 aliphatic heterocycles. The van der Waals surface area contributed by atoms with Crippen LogP contribution in [-0.2, 0) is 7.05 Å². The van der Waals surface area contributed by atoms with Crippen molar-refractivity contribution in [2.24, 2.45) is 13.0 Å². The van der Waals surface area contributed by atoms with Gasteiger partial charge in [-0.1, -0.05) is 6.07 Å². The average molecular weight is 314 g/mol. The van der Waals surface area contributed by atoms with E-state index in [1.165, 1.54) is 17.8 Å². The summed E-state index contributed by atoms with van der Waals surface area (Å²) in [7, 11) is 1.48. The fraction of sp³-hybridized carbons (Fsp3) is 0.375. The molecule has 23 heavy (non-hydrogen) atoms. The highest BCUT2D eigenvalue weighted by Gasteiger charge is 2.35. The highest BCUT2D eigenvalue weighted by molar-refractivity contribution is 5.93. The van der Waals surface area contributed by atoms with E-state index in [1.807, 2.05) is 19.1 Å². The average Bonchev–Trinajstić information content (AvgIpc) is 3.34. The van der Waals surface area contributed by atoms with Gasteiger partial charge >= 0.3 is 5.69 Å². The van der Waals surface area contributed by atoms with Crippen molar-refractivity contribution in [1.82, 2.24) is 19.9 Å². The number of rotatable bonds is 4. The molecule has 1 saturated carbocycles. The van der Waals surface area contributed by atoms with E-state index in [0.717, 1.165) is 24.1 Å². The molecule has 0 aromatic carbocycles. The summed E-state index contributed by atoms with van der Waals surface area (Å²) in [5, 5.41) is 2.90. The van der Waals surface area contributed by atoms with E-state index in [9.17, 15) is 14.4 Å². The van der Waals surface area contributed by atoms with Gasteiger partial charge in [0.2, 0.25) is 0 Å². The number of pyridine rings is 1. The molecule has 2 aromatic heterocycles. The van der Waals surface area contributed by atoms with Crippen molar-refractivity contribution in [3.05, 3.63) is 62.2 Å². The number of aryl methyl sites for hydroxylation is 2. The molecule has 3 rings (SSSR count). The number of carbonyl (C=O) groups is 1. The number of hydrogen-bond donors (Lipinski definition) is 2. The van der Waals surface area contributed by atoms with Crippen LogP contribution in [-0.4, -0.2) is 20.4 Å². The quantitative estimate of drug-likeness (QED) is 0.866. The number of aromatic nitrogens is 3. The van der Waals surface area contributed by atoms with Crippen LogP contribution >= 0.6 is 0 Å². The van der Waals surface area contributed by atoms with E-state index < -0.39 is 17.2 Å². The SMILES string of the molecule is Cc1cccnc1[C@H](NC(=O)c1cn(C)c(=O)[nH]c1=O)C1CC1. The molecule has 0 spiro atoms. The van der Waals surface area contributed by atoms with Crippen LogP contribution in [0, 0.1) is 12.8 Å². The summed E-state index contributed by atoms with van der Waals surface area (Å²) >= 11 is 0. The maximum atomic E-state index is 12.5. The third kappa shape index (κ3) is 3.08. The molecule has 0 radical (unpaired) electrons. The van der Waals surface area contributed by atoms with Gasteiger partial charge in [-0.25, -0.2) is 4.79 Å². The van der Waals surface area contributed by atoms with Crippen LogP contribution in [0.15, 0.2) is 34.1 Å². The molecule has 2 heterocycles. The molecule has 2 aromatic rings. The fourth-order valence-electron chi connectivity index (χ4n) is 2.61. The first-order valence-corrected chi connectivity index (χ1v) is 7.49. The van der Waals surface area contributed by atoms with Gasteiger partial charge in [0, 0.05) is 19.4 Å². The van der Waals surface area contributed by atoms with Gasteiger partial charge < -0.3 is 9.88 Å². The van der Waals surface area contributed by atoms with Crippen molar-refractivity contribution in [3.8, 4) is 0 Å². The molecule has 7 heteroatoms. The number of nitrogens with one attached hydrogen (secondary N) is 2. The van der Waals surface area contributed by atoms with Crippen molar-refractivity contribution >= 4 is 5.91 Å². The van der Waals surface area contributed by atoms with Crippen molar-refractivity contribution in [1.29, 1.82) is 0 Å². The standard InChI is InChI=1S/C16H18N4O3/c1-9-4-3-7-17-12(9)13(10-5-6-10)18-14(21)11-8-20(2)16(23)19-15(11)22/h3-4,7-8,10,13H,5-6H2,1-2H3,(H,18,21)(H,19,22,23)/t13-/m1/s1. The predicted molar refractivity (Wildman–Crippen MR) is 84.2 cm³/mol. The Hall–Kier alpha value is -2.70. The molecule has 7 nitrogen and oxygen atoms in total. The third-order valence-electron chi connectivity index (χ3n) is 4.08. The third-order valence-corrected chi connectivity index (χ3v) is 4.08. The van der Waals surface area contributed by atoms with Crippen molar-refractivity contribution in [2.75, 3.05) is 0 Å².